The van der Waals surface area contributed by atoms with Gasteiger partial charge in [0, 0.05) is 24.9 Å². The fraction of sp³-hybridized carbons (Fsp3) is 0.261. The van der Waals surface area contributed by atoms with Gasteiger partial charge >= 0.3 is 0 Å². The average Bonchev–Trinajstić information content (AvgIpc) is 3.40. The van der Waals surface area contributed by atoms with E-state index in [1.807, 2.05) is 0 Å². The Morgan fingerprint density at radius 3 is 2.43 bits per heavy atom. The fourth-order valence-corrected chi connectivity index (χ4v) is 3.65. The van der Waals surface area contributed by atoms with Crippen LogP contribution in [0.3, 0.4) is 0 Å². The van der Waals surface area contributed by atoms with Crippen LogP contribution in [0.4, 0.5) is 4.39 Å². The Bertz CT molecular complexity index is 943. The Kier molecular flexibility index (Phi) is 5.53. The molecule has 5 heteroatoms. The van der Waals surface area contributed by atoms with Crippen LogP contribution in [-0.4, -0.2) is 19.0 Å². The van der Waals surface area contributed by atoms with Gasteiger partial charge in [0.15, 0.2) is 5.76 Å². The van der Waals surface area contributed by atoms with Gasteiger partial charge in [0.25, 0.3) is 5.91 Å². The number of amides is 1. The second-order valence-electron chi connectivity index (χ2n) is 7.28. The molecule has 28 heavy (non-hydrogen) atoms. The summed E-state index contributed by atoms with van der Waals surface area (Å²) in [7, 11) is 0. The van der Waals surface area contributed by atoms with Gasteiger partial charge < -0.3 is 14.6 Å². The molecule has 0 spiro atoms. The van der Waals surface area contributed by atoms with E-state index in [1.165, 1.54) is 37.6 Å². The molecule has 144 valence electrons. The van der Waals surface area contributed by atoms with Crippen molar-refractivity contribution in [3.8, 4) is 11.3 Å². The molecule has 1 saturated heterocycles. The molecule has 1 aromatic heterocycles. The zero-order valence-corrected chi connectivity index (χ0v) is 15.7. The lowest BCUT2D eigenvalue weighted by atomic mass is 10.1. The van der Waals surface area contributed by atoms with Crippen molar-refractivity contribution >= 4 is 5.91 Å². The summed E-state index contributed by atoms with van der Waals surface area (Å²) in [6.45, 7) is 4.01. The molecule has 2 N–H and O–H groups in total. The van der Waals surface area contributed by atoms with Crippen molar-refractivity contribution in [2.75, 3.05) is 13.1 Å². The molecule has 0 bridgehead atoms. The standard InChI is InChI=1S/C23H23FN2O2/c24-20-6-2-1-5-19(20)21-11-12-22(28-21)23(27)25-15-17-7-9-18(10-8-17)16-26-13-3-4-14-26/h1-2,5-12H,3-4,13-16H2,(H,25,27)/p+1. The van der Waals surface area contributed by atoms with E-state index in [0.717, 1.165) is 12.1 Å². The summed E-state index contributed by atoms with van der Waals surface area (Å²) in [5, 5.41) is 2.86. The summed E-state index contributed by atoms with van der Waals surface area (Å²) in [6, 6.07) is 17.9. The van der Waals surface area contributed by atoms with Crippen molar-refractivity contribution in [1.82, 2.24) is 5.32 Å². The summed E-state index contributed by atoms with van der Waals surface area (Å²) in [5.41, 5.74) is 2.71. The van der Waals surface area contributed by atoms with E-state index < -0.39 is 0 Å². The number of rotatable bonds is 6. The first-order valence-corrected chi connectivity index (χ1v) is 9.73. The van der Waals surface area contributed by atoms with Crippen LogP contribution in [0.5, 0.6) is 0 Å². The Balaban J connectivity index is 1.33. The van der Waals surface area contributed by atoms with Gasteiger partial charge in [0.1, 0.15) is 18.1 Å². The van der Waals surface area contributed by atoms with Gasteiger partial charge in [0.05, 0.1) is 18.7 Å². The maximum absolute atomic E-state index is 13.9. The van der Waals surface area contributed by atoms with Gasteiger partial charge in [-0.15, -0.1) is 0 Å². The molecular formula is C23H24FN2O2+. The van der Waals surface area contributed by atoms with Crippen LogP contribution in [0.2, 0.25) is 0 Å². The quantitative estimate of drug-likeness (QED) is 0.691. The molecule has 0 radical (unpaired) electrons. The first kappa shape index (κ1) is 18.4. The molecule has 2 heterocycles. The molecular weight excluding hydrogens is 355 g/mol. The fourth-order valence-electron chi connectivity index (χ4n) is 3.65. The Labute approximate surface area is 164 Å². The van der Waals surface area contributed by atoms with Crippen LogP contribution in [-0.2, 0) is 13.1 Å². The number of benzene rings is 2. The lowest BCUT2D eigenvalue weighted by Crippen LogP contribution is -3.08. The molecule has 3 aromatic rings. The number of carbonyl (C=O) groups excluding carboxylic acids is 1. The van der Waals surface area contributed by atoms with Gasteiger partial charge in [-0.3, -0.25) is 4.79 Å². The number of likely N-dealkylation sites (tertiary alicyclic amines) is 1. The number of halogens is 1. The minimum atomic E-state index is -0.375. The van der Waals surface area contributed by atoms with Crippen LogP contribution >= 0.6 is 0 Å². The van der Waals surface area contributed by atoms with Crippen LogP contribution in [0, 0.1) is 5.82 Å². The summed E-state index contributed by atoms with van der Waals surface area (Å²) >= 11 is 0. The van der Waals surface area contributed by atoms with E-state index in [2.05, 4.69) is 29.6 Å². The second kappa shape index (κ2) is 8.40. The Morgan fingerprint density at radius 2 is 1.68 bits per heavy atom. The smallest absolute Gasteiger partial charge is 0.287 e. The largest absolute Gasteiger partial charge is 0.451 e. The summed E-state index contributed by atoms with van der Waals surface area (Å²) in [5.74, 6) is -0.169. The van der Waals surface area contributed by atoms with Crippen LogP contribution < -0.4 is 10.2 Å². The zero-order chi connectivity index (χ0) is 19.3. The van der Waals surface area contributed by atoms with Crippen molar-refractivity contribution < 1.29 is 18.5 Å². The predicted molar refractivity (Wildman–Crippen MR) is 105 cm³/mol. The minimum Gasteiger partial charge on any atom is -0.451 e. The lowest BCUT2D eigenvalue weighted by molar-refractivity contribution is -0.901. The number of hydrogen-bond acceptors (Lipinski definition) is 2. The van der Waals surface area contributed by atoms with Crippen molar-refractivity contribution in [2.24, 2.45) is 0 Å². The van der Waals surface area contributed by atoms with Gasteiger partial charge in [0.2, 0.25) is 0 Å². The molecule has 0 saturated carbocycles. The van der Waals surface area contributed by atoms with Crippen molar-refractivity contribution in [1.29, 1.82) is 0 Å². The third-order valence-electron chi connectivity index (χ3n) is 5.21. The SMILES string of the molecule is O=C(NCc1ccc(C[NH+]2CCCC2)cc1)c1ccc(-c2ccccc2F)o1. The highest BCUT2D eigenvalue weighted by Crippen LogP contribution is 2.24. The maximum Gasteiger partial charge on any atom is 0.287 e. The van der Waals surface area contributed by atoms with Gasteiger partial charge in [-0.05, 0) is 29.8 Å². The number of hydrogen-bond donors (Lipinski definition) is 2. The number of furan rings is 1. The van der Waals surface area contributed by atoms with E-state index in [4.69, 9.17) is 4.42 Å². The average molecular weight is 379 g/mol. The first-order valence-electron chi connectivity index (χ1n) is 9.73. The van der Waals surface area contributed by atoms with Crippen LogP contribution in [0.15, 0.2) is 65.1 Å². The van der Waals surface area contributed by atoms with E-state index >= 15 is 0 Å². The highest BCUT2D eigenvalue weighted by Gasteiger charge is 2.16. The van der Waals surface area contributed by atoms with E-state index in [-0.39, 0.29) is 17.5 Å². The molecule has 0 atom stereocenters. The third kappa shape index (κ3) is 4.31. The topological polar surface area (TPSA) is 46.7 Å². The second-order valence-corrected chi connectivity index (χ2v) is 7.28. The van der Waals surface area contributed by atoms with E-state index in [9.17, 15) is 9.18 Å². The summed E-state index contributed by atoms with van der Waals surface area (Å²) < 4.78 is 19.4. The molecule has 0 unspecified atom stereocenters. The third-order valence-corrected chi connectivity index (χ3v) is 5.21. The van der Waals surface area contributed by atoms with Crippen molar-refractivity contribution in [2.45, 2.75) is 25.9 Å². The molecule has 4 nitrogen and oxygen atoms in total. The normalized spacial score (nSPS) is 14.3. The Morgan fingerprint density at radius 1 is 0.964 bits per heavy atom. The van der Waals surface area contributed by atoms with Gasteiger partial charge in [-0.2, -0.15) is 0 Å². The monoisotopic (exact) mass is 379 g/mol. The minimum absolute atomic E-state index is 0.174. The molecule has 4 rings (SSSR count). The molecule has 1 amide bonds. The molecule has 0 aliphatic carbocycles. The van der Waals surface area contributed by atoms with Crippen LogP contribution in [0.1, 0.15) is 34.5 Å². The molecule has 2 aromatic carbocycles. The van der Waals surface area contributed by atoms with Gasteiger partial charge in [-0.1, -0.05) is 36.4 Å². The summed E-state index contributed by atoms with van der Waals surface area (Å²) in [4.78, 5) is 14.0. The lowest BCUT2D eigenvalue weighted by Gasteiger charge is -2.12. The van der Waals surface area contributed by atoms with Crippen molar-refractivity contribution in [3.05, 3.63) is 83.4 Å². The Hall–Kier alpha value is -2.92. The maximum atomic E-state index is 13.9. The molecule has 1 aliphatic rings. The number of quaternary nitrogens is 1. The molecule has 1 aliphatic heterocycles. The zero-order valence-electron chi connectivity index (χ0n) is 15.7. The van der Waals surface area contributed by atoms with Gasteiger partial charge in [-0.25, -0.2) is 4.39 Å². The first-order chi connectivity index (χ1) is 13.7. The summed E-state index contributed by atoms with van der Waals surface area (Å²) in [6.07, 6.45) is 2.65. The molecule has 1 fully saturated rings. The number of carbonyl (C=O) groups is 1. The highest BCUT2D eigenvalue weighted by molar-refractivity contribution is 5.92. The van der Waals surface area contributed by atoms with Crippen LogP contribution in [0.25, 0.3) is 11.3 Å². The predicted octanol–water partition coefficient (Wildman–Crippen LogP) is 3.19. The van der Waals surface area contributed by atoms with Crippen molar-refractivity contribution in [3.63, 3.8) is 0 Å². The number of nitrogens with one attached hydrogen (secondary N) is 2. The van der Waals surface area contributed by atoms with E-state index in [0.29, 0.717) is 17.9 Å². The van der Waals surface area contributed by atoms with E-state index in [1.54, 1.807) is 35.2 Å². The highest BCUT2D eigenvalue weighted by atomic mass is 19.1.